The number of carbonyl (C=O) groups is 2. The molecule has 7 heteroatoms. The van der Waals surface area contributed by atoms with Gasteiger partial charge in [0.15, 0.2) is 11.6 Å². The molecule has 116 valence electrons. The highest BCUT2D eigenvalue weighted by Crippen LogP contribution is 2.27. The van der Waals surface area contributed by atoms with E-state index in [1.165, 1.54) is 12.1 Å². The fourth-order valence-electron chi connectivity index (χ4n) is 1.24. The van der Waals surface area contributed by atoms with Crippen LogP contribution in [0.5, 0.6) is 5.75 Å². The number of carbonyl (C=O) groups excluding carboxylic acids is 2. The molecule has 0 fully saturated rings. The molecular weight excluding hydrogens is 303 g/mol. The second-order valence-corrected chi connectivity index (χ2v) is 5.00. The van der Waals surface area contributed by atoms with Gasteiger partial charge in [0.25, 0.3) is 0 Å². The van der Waals surface area contributed by atoms with Crippen LogP contribution in [0, 0.1) is 11.7 Å². The Kier molecular flexibility index (Phi) is 7.11. The zero-order valence-electron chi connectivity index (χ0n) is 11.7. The highest BCUT2D eigenvalue weighted by molar-refractivity contribution is 6.32. The van der Waals surface area contributed by atoms with Gasteiger partial charge in [-0.25, -0.2) is 14.0 Å². The molecule has 0 amide bonds. The number of esters is 2. The lowest BCUT2D eigenvalue weighted by Crippen LogP contribution is -2.21. The average Bonchev–Trinajstić information content (AvgIpc) is 2.41. The quantitative estimate of drug-likeness (QED) is 0.571. The van der Waals surface area contributed by atoms with Crippen LogP contribution < -0.4 is 4.74 Å². The van der Waals surface area contributed by atoms with Crippen LogP contribution in [0.1, 0.15) is 13.8 Å². The van der Waals surface area contributed by atoms with Crippen LogP contribution in [-0.2, 0) is 19.1 Å². The third kappa shape index (κ3) is 6.55. The van der Waals surface area contributed by atoms with Gasteiger partial charge in [0, 0.05) is 0 Å². The Morgan fingerprint density at radius 1 is 1.24 bits per heavy atom. The molecule has 1 aromatic rings. The summed E-state index contributed by atoms with van der Waals surface area (Å²) >= 11 is 5.70. The van der Waals surface area contributed by atoms with E-state index in [4.69, 9.17) is 25.8 Å². The molecule has 1 rings (SSSR count). The number of hydrogen-bond acceptors (Lipinski definition) is 5. The Balaban J connectivity index is 2.33. The van der Waals surface area contributed by atoms with Gasteiger partial charge in [-0.15, -0.1) is 0 Å². The lowest BCUT2D eigenvalue weighted by molar-refractivity contribution is -0.152. The molecule has 0 saturated heterocycles. The Morgan fingerprint density at radius 3 is 2.52 bits per heavy atom. The van der Waals surface area contributed by atoms with Gasteiger partial charge in [-0.05, 0) is 18.1 Å². The minimum absolute atomic E-state index is 0.0281. The Labute approximate surface area is 126 Å². The minimum atomic E-state index is -0.862. The van der Waals surface area contributed by atoms with Gasteiger partial charge in [-0.2, -0.15) is 0 Å². The monoisotopic (exact) mass is 318 g/mol. The smallest absolute Gasteiger partial charge is 0.337 e. The molecule has 0 aromatic heterocycles. The first-order valence-corrected chi connectivity index (χ1v) is 6.66. The molecule has 5 nitrogen and oxygen atoms in total. The van der Waals surface area contributed by atoms with Crippen molar-refractivity contribution in [3.05, 3.63) is 29.0 Å². The predicted molar refractivity (Wildman–Crippen MR) is 73.7 cm³/mol. The topological polar surface area (TPSA) is 61.8 Å². The first-order chi connectivity index (χ1) is 9.90. The summed E-state index contributed by atoms with van der Waals surface area (Å²) in [5, 5.41) is -0.0281. The van der Waals surface area contributed by atoms with Gasteiger partial charge in [0.1, 0.15) is 13.2 Å². The van der Waals surface area contributed by atoms with Gasteiger partial charge in [-0.1, -0.05) is 31.5 Å². The molecule has 21 heavy (non-hydrogen) atoms. The Hall–Kier alpha value is -1.66. The summed E-state index contributed by atoms with van der Waals surface area (Å²) in [7, 11) is 0. The van der Waals surface area contributed by atoms with E-state index in [2.05, 4.69) is 0 Å². The van der Waals surface area contributed by atoms with Gasteiger partial charge < -0.3 is 14.2 Å². The molecular formula is C14H16ClFO5. The van der Waals surface area contributed by atoms with Crippen molar-refractivity contribution in [2.45, 2.75) is 13.8 Å². The standard InChI is InChI=1S/C14H16ClFO5/c1-9(2)6-20-12(17)7-19-8-13(18)21-14-10(15)4-3-5-11(14)16/h3-5,9H,6-8H2,1-2H3. The van der Waals surface area contributed by atoms with Crippen LogP contribution in [0.15, 0.2) is 18.2 Å². The van der Waals surface area contributed by atoms with Crippen molar-refractivity contribution in [3.8, 4) is 5.75 Å². The number of ether oxygens (including phenoxy) is 3. The van der Waals surface area contributed by atoms with Crippen LogP contribution in [0.2, 0.25) is 5.02 Å². The van der Waals surface area contributed by atoms with Crippen molar-refractivity contribution in [1.82, 2.24) is 0 Å². The molecule has 0 radical (unpaired) electrons. The molecule has 0 N–H and O–H groups in total. The van der Waals surface area contributed by atoms with Crippen molar-refractivity contribution < 1.29 is 28.2 Å². The first-order valence-electron chi connectivity index (χ1n) is 6.28. The van der Waals surface area contributed by atoms with Gasteiger partial charge >= 0.3 is 11.9 Å². The predicted octanol–water partition coefficient (Wildman–Crippen LogP) is 2.60. The van der Waals surface area contributed by atoms with E-state index >= 15 is 0 Å². The van der Waals surface area contributed by atoms with Crippen LogP contribution in [0.25, 0.3) is 0 Å². The van der Waals surface area contributed by atoms with E-state index in [9.17, 15) is 14.0 Å². The van der Waals surface area contributed by atoms with E-state index in [1.807, 2.05) is 13.8 Å². The van der Waals surface area contributed by atoms with E-state index in [-0.39, 0.29) is 29.9 Å². The SMILES string of the molecule is CC(C)COC(=O)COCC(=O)Oc1c(F)cccc1Cl. The summed E-state index contributed by atoms with van der Waals surface area (Å²) < 4.78 is 27.8. The number of hydrogen-bond donors (Lipinski definition) is 0. The zero-order chi connectivity index (χ0) is 15.8. The van der Waals surface area contributed by atoms with Crippen LogP contribution in [0.3, 0.4) is 0 Å². The van der Waals surface area contributed by atoms with E-state index in [0.29, 0.717) is 0 Å². The van der Waals surface area contributed by atoms with E-state index in [1.54, 1.807) is 0 Å². The number of rotatable bonds is 7. The molecule has 0 aliphatic heterocycles. The van der Waals surface area contributed by atoms with Crippen molar-refractivity contribution in [2.75, 3.05) is 19.8 Å². The van der Waals surface area contributed by atoms with Crippen LogP contribution in [0.4, 0.5) is 4.39 Å². The summed E-state index contributed by atoms with van der Waals surface area (Å²) in [6.45, 7) is 3.17. The lowest BCUT2D eigenvalue weighted by atomic mass is 10.2. The molecule has 0 aliphatic carbocycles. The Bertz CT molecular complexity index is 484. The molecule has 0 heterocycles. The van der Waals surface area contributed by atoms with Crippen molar-refractivity contribution in [1.29, 1.82) is 0 Å². The molecule has 0 atom stereocenters. The first kappa shape index (κ1) is 17.4. The van der Waals surface area contributed by atoms with E-state index in [0.717, 1.165) is 6.07 Å². The average molecular weight is 319 g/mol. The van der Waals surface area contributed by atoms with Crippen molar-refractivity contribution in [3.63, 3.8) is 0 Å². The minimum Gasteiger partial charge on any atom is -0.464 e. The summed E-state index contributed by atoms with van der Waals surface area (Å²) in [6, 6.07) is 3.88. The summed E-state index contributed by atoms with van der Waals surface area (Å²) in [6.07, 6.45) is 0. The highest BCUT2D eigenvalue weighted by atomic mass is 35.5. The molecule has 1 aromatic carbocycles. The second-order valence-electron chi connectivity index (χ2n) is 4.59. The van der Waals surface area contributed by atoms with Crippen molar-refractivity contribution in [2.24, 2.45) is 5.92 Å². The summed E-state index contributed by atoms with van der Waals surface area (Å²) in [5.41, 5.74) is 0. The highest BCUT2D eigenvalue weighted by Gasteiger charge is 2.14. The van der Waals surface area contributed by atoms with Gasteiger partial charge in [0.05, 0.1) is 11.6 Å². The van der Waals surface area contributed by atoms with Crippen LogP contribution in [-0.4, -0.2) is 31.8 Å². The number of halogens is 2. The number of para-hydroxylation sites is 1. The van der Waals surface area contributed by atoms with Gasteiger partial charge in [-0.3, -0.25) is 0 Å². The maximum atomic E-state index is 13.4. The van der Waals surface area contributed by atoms with Gasteiger partial charge in [0.2, 0.25) is 0 Å². The lowest BCUT2D eigenvalue weighted by Gasteiger charge is -2.08. The molecule has 0 unspecified atom stereocenters. The summed E-state index contributed by atoms with van der Waals surface area (Å²) in [5.74, 6) is -2.36. The normalized spacial score (nSPS) is 10.5. The largest absolute Gasteiger partial charge is 0.464 e. The third-order valence-corrected chi connectivity index (χ3v) is 2.45. The molecule has 0 spiro atoms. The maximum Gasteiger partial charge on any atom is 0.337 e. The molecule has 0 aliphatic rings. The zero-order valence-corrected chi connectivity index (χ0v) is 12.5. The summed E-state index contributed by atoms with van der Waals surface area (Å²) in [4.78, 5) is 22.7. The van der Waals surface area contributed by atoms with Crippen LogP contribution >= 0.6 is 11.6 Å². The third-order valence-electron chi connectivity index (χ3n) is 2.15. The molecule has 0 bridgehead atoms. The van der Waals surface area contributed by atoms with E-state index < -0.39 is 24.4 Å². The molecule has 0 saturated carbocycles. The van der Waals surface area contributed by atoms with Crippen molar-refractivity contribution >= 4 is 23.5 Å². The Morgan fingerprint density at radius 2 is 1.90 bits per heavy atom. The fourth-order valence-corrected chi connectivity index (χ4v) is 1.44. The number of benzene rings is 1. The second kappa shape index (κ2) is 8.59. The fraction of sp³-hybridized carbons (Fsp3) is 0.429. The maximum absolute atomic E-state index is 13.4.